The van der Waals surface area contributed by atoms with Gasteiger partial charge in [0.15, 0.2) is 0 Å². The third kappa shape index (κ3) is 3.06. The van der Waals surface area contributed by atoms with Crippen molar-refractivity contribution in [2.24, 2.45) is 5.41 Å². The van der Waals surface area contributed by atoms with E-state index in [1.54, 1.807) is 6.20 Å². The fourth-order valence-corrected chi connectivity index (χ4v) is 2.53. The van der Waals surface area contributed by atoms with Crippen molar-refractivity contribution in [2.45, 2.75) is 33.6 Å². The molecule has 108 valence electrons. The van der Waals surface area contributed by atoms with Crippen LogP contribution in [-0.2, 0) is 0 Å². The zero-order valence-corrected chi connectivity index (χ0v) is 13.9. The number of hydrogen-bond donors (Lipinski definition) is 2. The molecule has 3 nitrogen and oxygen atoms in total. The Morgan fingerprint density at radius 2 is 2.00 bits per heavy atom. The first-order valence-corrected chi connectivity index (χ1v) is 7.86. The van der Waals surface area contributed by atoms with Crippen molar-refractivity contribution >= 4 is 38.2 Å². The molecule has 1 heterocycles. The molecule has 0 aliphatic heterocycles. The third-order valence-corrected chi connectivity index (χ3v) is 4.75. The van der Waals surface area contributed by atoms with E-state index < -0.39 is 0 Å². The smallest absolute Gasteiger partial charge is 0.0743 e. The van der Waals surface area contributed by atoms with Crippen LogP contribution in [0.15, 0.2) is 28.9 Å². The molecule has 0 spiro atoms. The molecule has 0 aliphatic rings. The molecular formula is C16H22BrN3. The van der Waals surface area contributed by atoms with Crippen molar-refractivity contribution in [2.75, 3.05) is 17.6 Å². The van der Waals surface area contributed by atoms with E-state index in [9.17, 15) is 0 Å². The first-order valence-electron chi connectivity index (χ1n) is 7.06. The minimum absolute atomic E-state index is 0.289. The summed E-state index contributed by atoms with van der Waals surface area (Å²) in [6, 6.07) is 6.09. The standard InChI is InChI=1S/C16H22BrN3/c1-4-16(3,5-2)10-20-15-12-7-6-11(17)8-14(12)19-9-13(15)18/h6-9H,4-5,10,18H2,1-3H3,(H,19,20). The molecule has 0 aliphatic carbocycles. The van der Waals surface area contributed by atoms with Crippen LogP contribution in [0.5, 0.6) is 0 Å². The maximum absolute atomic E-state index is 6.10. The van der Waals surface area contributed by atoms with E-state index in [0.29, 0.717) is 5.69 Å². The molecule has 3 N–H and O–H groups in total. The highest BCUT2D eigenvalue weighted by Gasteiger charge is 2.20. The van der Waals surface area contributed by atoms with Crippen LogP contribution in [0.2, 0.25) is 0 Å². The number of halogens is 1. The number of fused-ring (bicyclic) bond motifs is 1. The zero-order chi connectivity index (χ0) is 14.8. The van der Waals surface area contributed by atoms with Crippen molar-refractivity contribution in [3.63, 3.8) is 0 Å². The second-order valence-electron chi connectivity index (χ2n) is 5.62. The summed E-state index contributed by atoms with van der Waals surface area (Å²) in [6.45, 7) is 7.68. The van der Waals surface area contributed by atoms with Crippen molar-refractivity contribution in [1.29, 1.82) is 0 Å². The van der Waals surface area contributed by atoms with Crippen LogP contribution in [0, 0.1) is 5.41 Å². The van der Waals surface area contributed by atoms with Gasteiger partial charge >= 0.3 is 0 Å². The Bertz CT molecular complexity index is 606. The lowest BCUT2D eigenvalue weighted by Gasteiger charge is -2.28. The van der Waals surface area contributed by atoms with Gasteiger partial charge in [-0.1, -0.05) is 36.7 Å². The summed E-state index contributed by atoms with van der Waals surface area (Å²) < 4.78 is 1.03. The second-order valence-corrected chi connectivity index (χ2v) is 6.54. The predicted molar refractivity (Wildman–Crippen MR) is 91.0 cm³/mol. The number of nitrogens with zero attached hydrogens (tertiary/aromatic N) is 1. The summed E-state index contributed by atoms with van der Waals surface area (Å²) in [5.41, 5.74) is 9.04. The molecule has 2 rings (SSSR count). The van der Waals surface area contributed by atoms with E-state index in [0.717, 1.165) is 40.4 Å². The largest absolute Gasteiger partial charge is 0.396 e. The van der Waals surface area contributed by atoms with Crippen molar-refractivity contribution in [1.82, 2.24) is 4.98 Å². The van der Waals surface area contributed by atoms with Crippen molar-refractivity contribution in [3.05, 3.63) is 28.9 Å². The van der Waals surface area contributed by atoms with E-state index in [-0.39, 0.29) is 5.41 Å². The van der Waals surface area contributed by atoms with Gasteiger partial charge in [0.1, 0.15) is 0 Å². The molecule has 0 saturated carbocycles. The highest BCUT2D eigenvalue weighted by atomic mass is 79.9. The van der Waals surface area contributed by atoms with Crippen LogP contribution in [0.1, 0.15) is 33.6 Å². The number of pyridine rings is 1. The number of rotatable bonds is 5. The van der Waals surface area contributed by atoms with Gasteiger partial charge < -0.3 is 11.1 Å². The molecule has 0 fully saturated rings. The number of hydrogen-bond acceptors (Lipinski definition) is 3. The normalized spacial score (nSPS) is 11.8. The number of anilines is 2. The van der Waals surface area contributed by atoms with Crippen LogP contribution in [0.3, 0.4) is 0 Å². The van der Waals surface area contributed by atoms with Crippen LogP contribution in [0.25, 0.3) is 10.9 Å². The van der Waals surface area contributed by atoms with Crippen molar-refractivity contribution in [3.8, 4) is 0 Å². The number of nitrogen functional groups attached to an aromatic ring is 1. The van der Waals surface area contributed by atoms with Crippen LogP contribution >= 0.6 is 15.9 Å². The Morgan fingerprint density at radius 1 is 1.30 bits per heavy atom. The highest BCUT2D eigenvalue weighted by molar-refractivity contribution is 9.10. The Morgan fingerprint density at radius 3 is 2.65 bits per heavy atom. The molecule has 1 aromatic heterocycles. The van der Waals surface area contributed by atoms with Gasteiger partial charge in [-0.15, -0.1) is 0 Å². The molecule has 0 radical (unpaired) electrons. The van der Waals surface area contributed by atoms with E-state index >= 15 is 0 Å². The maximum Gasteiger partial charge on any atom is 0.0743 e. The predicted octanol–water partition coefficient (Wildman–Crippen LogP) is 4.82. The van der Waals surface area contributed by atoms with Gasteiger partial charge in [0.2, 0.25) is 0 Å². The minimum atomic E-state index is 0.289. The molecule has 0 bridgehead atoms. The van der Waals surface area contributed by atoms with Gasteiger partial charge in [-0.2, -0.15) is 0 Å². The van der Waals surface area contributed by atoms with Gasteiger partial charge in [0.25, 0.3) is 0 Å². The van der Waals surface area contributed by atoms with E-state index in [4.69, 9.17) is 5.73 Å². The minimum Gasteiger partial charge on any atom is -0.396 e. The van der Waals surface area contributed by atoms with E-state index in [1.165, 1.54) is 0 Å². The average Bonchev–Trinajstić information content (AvgIpc) is 2.46. The Labute approximate surface area is 129 Å². The first-order chi connectivity index (χ1) is 9.49. The zero-order valence-electron chi connectivity index (χ0n) is 12.3. The van der Waals surface area contributed by atoms with Gasteiger partial charge in [0, 0.05) is 16.4 Å². The Kier molecular flexibility index (Phi) is 4.53. The van der Waals surface area contributed by atoms with Gasteiger partial charge in [0.05, 0.1) is 23.1 Å². The highest BCUT2D eigenvalue weighted by Crippen LogP contribution is 2.32. The number of nitrogens with one attached hydrogen (secondary N) is 1. The molecule has 4 heteroatoms. The number of nitrogens with two attached hydrogens (primary N) is 1. The van der Waals surface area contributed by atoms with Crippen LogP contribution < -0.4 is 11.1 Å². The summed E-state index contributed by atoms with van der Waals surface area (Å²) in [5, 5.41) is 4.61. The second kappa shape index (κ2) is 6.00. The Hall–Kier alpha value is -1.29. The third-order valence-electron chi connectivity index (χ3n) is 4.26. The van der Waals surface area contributed by atoms with Gasteiger partial charge in [-0.25, -0.2) is 0 Å². The van der Waals surface area contributed by atoms with Crippen molar-refractivity contribution < 1.29 is 0 Å². The Balaban J connectivity index is 2.36. The summed E-state index contributed by atoms with van der Waals surface area (Å²) in [6.07, 6.45) is 4.02. The SMILES string of the molecule is CCC(C)(CC)CNc1c(N)cnc2cc(Br)ccc12. The summed E-state index contributed by atoms with van der Waals surface area (Å²) in [5.74, 6) is 0. The topological polar surface area (TPSA) is 50.9 Å². The van der Waals surface area contributed by atoms with Crippen LogP contribution in [0.4, 0.5) is 11.4 Å². The number of benzene rings is 1. The summed E-state index contributed by atoms with van der Waals surface area (Å²) in [7, 11) is 0. The molecule has 1 aromatic carbocycles. The molecular weight excluding hydrogens is 314 g/mol. The molecule has 0 amide bonds. The fourth-order valence-electron chi connectivity index (χ4n) is 2.18. The number of aromatic nitrogens is 1. The molecule has 0 unspecified atom stereocenters. The molecule has 2 aromatic rings. The van der Waals surface area contributed by atoms with Gasteiger partial charge in [-0.05, 0) is 36.5 Å². The lowest BCUT2D eigenvalue weighted by Crippen LogP contribution is -2.25. The first kappa shape index (κ1) is 15.1. The average molecular weight is 336 g/mol. The lowest BCUT2D eigenvalue weighted by molar-refractivity contribution is 0.321. The van der Waals surface area contributed by atoms with E-state index in [2.05, 4.69) is 53.1 Å². The lowest BCUT2D eigenvalue weighted by atomic mass is 9.84. The van der Waals surface area contributed by atoms with Crippen LogP contribution in [-0.4, -0.2) is 11.5 Å². The monoisotopic (exact) mass is 335 g/mol. The molecule has 0 saturated heterocycles. The quantitative estimate of drug-likeness (QED) is 0.823. The molecule has 0 atom stereocenters. The summed E-state index contributed by atoms with van der Waals surface area (Å²) >= 11 is 3.48. The summed E-state index contributed by atoms with van der Waals surface area (Å²) in [4.78, 5) is 4.39. The maximum atomic E-state index is 6.10. The van der Waals surface area contributed by atoms with E-state index in [1.807, 2.05) is 12.1 Å². The van der Waals surface area contributed by atoms with Gasteiger partial charge in [-0.3, -0.25) is 4.98 Å². The molecule has 20 heavy (non-hydrogen) atoms. The fraction of sp³-hybridized carbons (Fsp3) is 0.438.